The lowest BCUT2D eigenvalue weighted by Gasteiger charge is -2.24. The van der Waals surface area contributed by atoms with Gasteiger partial charge in [0.05, 0.1) is 34.4 Å². The van der Waals surface area contributed by atoms with E-state index in [0.29, 0.717) is 17.6 Å². The maximum Gasteiger partial charge on any atom is 0.472 e. The van der Waals surface area contributed by atoms with Gasteiger partial charge in [-0.25, -0.2) is 4.57 Å². The monoisotopic (exact) mass is 508 g/mol. The highest BCUT2D eigenvalue weighted by atomic mass is 31.2. The van der Waals surface area contributed by atoms with Crippen molar-refractivity contribution in [2.75, 3.05) is 54.1 Å². The van der Waals surface area contributed by atoms with E-state index in [4.69, 9.17) is 13.8 Å². The Kier molecular flexibility index (Phi) is 21.8. The first-order valence-corrected chi connectivity index (χ1v) is 15.0. The molecule has 34 heavy (non-hydrogen) atoms. The number of ether oxygens (including phenoxy) is 1. The van der Waals surface area contributed by atoms with E-state index in [1.54, 1.807) is 0 Å². The highest BCUT2D eigenvalue weighted by Gasteiger charge is 2.24. The number of likely N-dealkylation sites (N-methyl/N-ethyl adjacent to an activating group) is 1. The molecule has 0 radical (unpaired) electrons. The molecule has 0 rings (SSSR count). The smallest absolute Gasteiger partial charge is 0.388 e. The number of quaternary nitrogens is 1. The Balaban J connectivity index is 3.44. The van der Waals surface area contributed by atoms with Gasteiger partial charge in [0.25, 0.3) is 0 Å². The fraction of sp³-hybridized carbons (Fsp3) is 0.923. The summed E-state index contributed by atoms with van der Waals surface area (Å²) >= 11 is 0. The summed E-state index contributed by atoms with van der Waals surface area (Å²) in [6.45, 7) is 3.32. The average molecular weight is 509 g/mol. The van der Waals surface area contributed by atoms with Crippen LogP contribution >= 0.6 is 7.82 Å². The van der Waals surface area contributed by atoms with Crippen LogP contribution in [-0.4, -0.2) is 74.7 Å². The van der Waals surface area contributed by atoms with Crippen LogP contribution in [0.1, 0.15) is 96.8 Å². The van der Waals surface area contributed by atoms with Crippen molar-refractivity contribution in [3.8, 4) is 0 Å². The molecular formula is C26H55NO6P+. The minimum atomic E-state index is -4.14. The summed E-state index contributed by atoms with van der Waals surface area (Å²) in [6, 6.07) is 0. The molecule has 0 aromatic carbocycles. The van der Waals surface area contributed by atoms with Crippen LogP contribution in [0.3, 0.4) is 0 Å². The van der Waals surface area contributed by atoms with E-state index < -0.39 is 13.9 Å². The zero-order valence-electron chi connectivity index (χ0n) is 22.6. The van der Waals surface area contributed by atoms with Crippen molar-refractivity contribution in [2.45, 2.75) is 103 Å². The van der Waals surface area contributed by atoms with Gasteiger partial charge in [0.1, 0.15) is 19.3 Å². The number of hydrogen-bond donors (Lipinski definition) is 2. The highest BCUT2D eigenvalue weighted by Crippen LogP contribution is 2.43. The lowest BCUT2D eigenvalue weighted by atomic mass is 10.1. The molecule has 0 fully saturated rings. The topological polar surface area (TPSA) is 85.2 Å². The largest absolute Gasteiger partial charge is 0.472 e. The molecule has 0 aliphatic heterocycles. The molecule has 7 nitrogen and oxygen atoms in total. The van der Waals surface area contributed by atoms with Crippen molar-refractivity contribution in [1.82, 2.24) is 0 Å². The molecule has 0 aliphatic carbocycles. The van der Waals surface area contributed by atoms with E-state index in [2.05, 4.69) is 19.1 Å². The van der Waals surface area contributed by atoms with Gasteiger partial charge in [-0.15, -0.1) is 0 Å². The molecule has 1 unspecified atom stereocenters. The third-order valence-corrected chi connectivity index (χ3v) is 6.54. The molecule has 8 heteroatoms. The van der Waals surface area contributed by atoms with Gasteiger partial charge in [-0.3, -0.25) is 9.05 Å². The van der Waals surface area contributed by atoms with E-state index in [9.17, 15) is 14.6 Å². The van der Waals surface area contributed by atoms with Crippen LogP contribution in [0.4, 0.5) is 0 Å². The van der Waals surface area contributed by atoms with Gasteiger partial charge >= 0.3 is 7.82 Å². The highest BCUT2D eigenvalue weighted by molar-refractivity contribution is 7.47. The summed E-state index contributed by atoms with van der Waals surface area (Å²) in [4.78, 5) is 9.64. The third-order valence-electron chi connectivity index (χ3n) is 5.56. The van der Waals surface area contributed by atoms with Gasteiger partial charge < -0.3 is 19.2 Å². The minimum absolute atomic E-state index is 0.0837. The van der Waals surface area contributed by atoms with Crippen molar-refractivity contribution in [3.05, 3.63) is 12.2 Å². The number of phosphoric ester groups is 1. The first-order valence-electron chi connectivity index (χ1n) is 13.5. The van der Waals surface area contributed by atoms with E-state index in [1.165, 1.54) is 70.6 Å². The van der Waals surface area contributed by atoms with Crippen molar-refractivity contribution >= 4 is 7.82 Å². The Morgan fingerprint density at radius 2 is 1.29 bits per heavy atom. The van der Waals surface area contributed by atoms with Gasteiger partial charge in [-0.1, -0.05) is 76.9 Å². The maximum absolute atomic E-state index is 11.8. The number of allylic oxidation sites excluding steroid dienone is 2. The quantitative estimate of drug-likeness (QED) is 0.0657. The number of phosphoric acid groups is 1. The number of unbranched alkanes of at least 4 members (excludes halogenated alkanes) is 12. The zero-order chi connectivity index (χ0) is 25.5. The Bertz CT molecular complexity index is 524. The number of hydrogen-bond acceptors (Lipinski definition) is 5. The molecule has 0 bridgehead atoms. The summed E-state index contributed by atoms with van der Waals surface area (Å²) in [5.41, 5.74) is 0. The van der Waals surface area contributed by atoms with Crippen LogP contribution in [0.25, 0.3) is 0 Å². The number of rotatable bonds is 25. The van der Waals surface area contributed by atoms with Crippen molar-refractivity contribution < 1.29 is 32.8 Å². The first-order chi connectivity index (χ1) is 16.2. The number of aliphatic hydroxyl groups excluding tert-OH is 1. The molecule has 2 atom stereocenters. The van der Waals surface area contributed by atoms with E-state index in [0.717, 1.165) is 19.3 Å². The summed E-state index contributed by atoms with van der Waals surface area (Å²) in [7, 11) is 1.74. The second-order valence-corrected chi connectivity index (χ2v) is 11.7. The Labute approximate surface area is 210 Å². The predicted octanol–water partition coefficient (Wildman–Crippen LogP) is 6.24. The molecule has 204 valence electrons. The van der Waals surface area contributed by atoms with E-state index in [1.807, 2.05) is 21.1 Å². The molecule has 0 heterocycles. The summed E-state index contributed by atoms with van der Waals surface area (Å²) < 4.78 is 27.6. The van der Waals surface area contributed by atoms with Crippen LogP contribution in [0.2, 0.25) is 0 Å². The van der Waals surface area contributed by atoms with Crippen LogP contribution in [0.5, 0.6) is 0 Å². The molecule has 0 aliphatic rings. The lowest BCUT2D eigenvalue weighted by Crippen LogP contribution is -2.37. The third kappa shape index (κ3) is 26.3. The zero-order valence-corrected chi connectivity index (χ0v) is 23.5. The summed E-state index contributed by atoms with van der Waals surface area (Å²) in [5, 5.41) is 9.85. The van der Waals surface area contributed by atoms with Gasteiger partial charge in [0.2, 0.25) is 0 Å². The van der Waals surface area contributed by atoms with Gasteiger partial charge in [0.15, 0.2) is 0 Å². The molecule has 0 aromatic rings. The fourth-order valence-electron chi connectivity index (χ4n) is 3.37. The van der Waals surface area contributed by atoms with Gasteiger partial charge in [-0.05, 0) is 32.1 Å². The normalized spacial score (nSPS) is 15.1. The molecule has 0 spiro atoms. The Hall–Kier alpha value is -0.270. The molecular weight excluding hydrogens is 453 g/mol. The van der Waals surface area contributed by atoms with Crippen LogP contribution in [0.15, 0.2) is 12.2 Å². The Morgan fingerprint density at radius 1 is 0.765 bits per heavy atom. The first kappa shape index (κ1) is 33.7. The molecule has 0 aromatic heterocycles. The second kappa shape index (κ2) is 22.0. The maximum atomic E-state index is 11.8. The van der Waals surface area contributed by atoms with E-state index in [-0.39, 0.29) is 19.8 Å². The SMILES string of the molecule is CCCCCCCCCC/C=C\CCCCCCOC[C@@H](O)COP(=O)(O)OCC[N+](C)(C)C. The van der Waals surface area contributed by atoms with Crippen LogP contribution < -0.4 is 0 Å². The van der Waals surface area contributed by atoms with E-state index >= 15 is 0 Å². The van der Waals surface area contributed by atoms with Crippen molar-refractivity contribution in [2.24, 2.45) is 0 Å². The number of nitrogens with zero attached hydrogens (tertiary/aromatic N) is 1. The second-order valence-electron chi connectivity index (χ2n) is 10.3. The standard InChI is InChI=1S/C26H54NO6P/c1-5-6-7-8-9-10-11-12-13-14-15-16-17-18-19-20-22-31-24-26(28)25-33-34(29,30)32-23-21-27(2,3)4/h14-15,26,28H,5-13,16-25H2,1-4H3/p+1/b15-14-/t26-/m1/s1. The van der Waals surface area contributed by atoms with Crippen molar-refractivity contribution in [1.29, 1.82) is 0 Å². The molecule has 0 saturated carbocycles. The van der Waals surface area contributed by atoms with Gasteiger partial charge in [-0.2, -0.15) is 0 Å². The summed E-state index contributed by atoms with van der Waals surface area (Å²) in [6.07, 6.45) is 21.5. The minimum Gasteiger partial charge on any atom is -0.388 e. The van der Waals surface area contributed by atoms with Crippen molar-refractivity contribution in [3.63, 3.8) is 0 Å². The predicted molar refractivity (Wildman–Crippen MR) is 141 cm³/mol. The average Bonchev–Trinajstić information content (AvgIpc) is 2.76. The molecule has 0 saturated heterocycles. The van der Waals surface area contributed by atoms with Crippen LogP contribution in [-0.2, 0) is 18.3 Å². The fourth-order valence-corrected chi connectivity index (χ4v) is 4.11. The molecule has 0 amide bonds. The molecule has 2 N–H and O–H groups in total. The lowest BCUT2D eigenvalue weighted by molar-refractivity contribution is -0.870. The number of aliphatic hydroxyl groups is 1. The van der Waals surface area contributed by atoms with Gasteiger partial charge in [0, 0.05) is 6.61 Å². The Morgan fingerprint density at radius 3 is 1.85 bits per heavy atom. The van der Waals surface area contributed by atoms with Crippen LogP contribution in [0, 0.1) is 0 Å². The summed E-state index contributed by atoms with van der Waals surface area (Å²) in [5.74, 6) is 0.